The minimum absolute atomic E-state index is 0.329. The van der Waals surface area contributed by atoms with Gasteiger partial charge in [0.05, 0.1) is 5.69 Å². The van der Waals surface area contributed by atoms with Gasteiger partial charge in [-0.05, 0) is 18.2 Å². The predicted octanol–water partition coefficient (Wildman–Crippen LogP) is 1.74. The Morgan fingerprint density at radius 1 is 1.55 bits per heavy atom. The van der Waals surface area contributed by atoms with Crippen LogP contribution in [0.3, 0.4) is 0 Å². The molecule has 56 valence electrons. The number of hydrogen-bond acceptors (Lipinski definition) is 2. The molecule has 0 aliphatic carbocycles. The first-order valence-electron chi connectivity index (χ1n) is 3.13. The van der Waals surface area contributed by atoms with Crippen LogP contribution in [0.15, 0.2) is 24.3 Å². The average molecular weight is 150 g/mol. The molecule has 0 N–H and O–H groups in total. The highest BCUT2D eigenvalue weighted by Crippen LogP contribution is 2.12. The summed E-state index contributed by atoms with van der Waals surface area (Å²) >= 11 is 0. The van der Waals surface area contributed by atoms with Gasteiger partial charge in [0.25, 0.3) is 0 Å². The number of benzene rings is 1. The number of hydrogen-bond donors (Lipinski definition) is 0. The minimum Gasteiger partial charge on any atom is -0.282 e. The van der Waals surface area contributed by atoms with Crippen molar-refractivity contribution in [3.05, 3.63) is 30.1 Å². The van der Waals surface area contributed by atoms with Gasteiger partial charge in [0.1, 0.15) is 5.82 Å². The van der Waals surface area contributed by atoms with E-state index in [0.717, 1.165) is 0 Å². The molecule has 0 fully saturated rings. The van der Waals surface area contributed by atoms with E-state index >= 15 is 0 Å². The lowest BCUT2D eigenvalue weighted by molar-refractivity contribution is 0.628. The van der Waals surface area contributed by atoms with Crippen LogP contribution in [0.4, 0.5) is 10.1 Å². The van der Waals surface area contributed by atoms with E-state index in [1.807, 2.05) is 6.19 Å². The molecule has 0 spiro atoms. The number of halogens is 1. The van der Waals surface area contributed by atoms with Gasteiger partial charge in [0.15, 0.2) is 6.19 Å². The van der Waals surface area contributed by atoms with Crippen molar-refractivity contribution in [2.24, 2.45) is 0 Å². The average Bonchev–Trinajstić information content (AvgIpc) is 2.03. The van der Waals surface area contributed by atoms with Crippen LogP contribution in [0.5, 0.6) is 0 Å². The van der Waals surface area contributed by atoms with Crippen LogP contribution in [0, 0.1) is 17.3 Å². The van der Waals surface area contributed by atoms with E-state index in [-0.39, 0.29) is 5.82 Å². The lowest BCUT2D eigenvalue weighted by Gasteiger charge is -2.07. The van der Waals surface area contributed by atoms with Gasteiger partial charge in [-0.1, -0.05) is 6.07 Å². The molecule has 0 amide bonds. The third-order valence-electron chi connectivity index (χ3n) is 1.35. The Hall–Kier alpha value is -1.56. The Morgan fingerprint density at radius 2 is 2.27 bits per heavy atom. The first-order valence-corrected chi connectivity index (χ1v) is 3.13. The standard InChI is InChI=1S/C8H7FN2/c1-11(6-10)8-4-2-3-7(9)5-8/h2-5H,1H3. The summed E-state index contributed by atoms with van der Waals surface area (Å²) < 4.78 is 12.5. The van der Waals surface area contributed by atoms with Gasteiger partial charge in [-0.25, -0.2) is 4.39 Å². The second-order valence-electron chi connectivity index (χ2n) is 2.14. The van der Waals surface area contributed by atoms with Crippen molar-refractivity contribution >= 4 is 5.69 Å². The number of anilines is 1. The molecular formula is C8H7FN2. The number of nitrogens with zero attached hydrogens (tertiary/aromatic N) is 2. The fraction of sp³-hybridized carbons (Fsp3) is 0.125. The van der Waals surface area contributed by atoms with Crippen LogP contribution < -0.4 is 4.90 Å². The number of rotatable bonds is 1. The highest BCUT2D eigenvalue weighted by molar-refractivity contribution is 5.49. The zero-order valence-electron chi connectivity index (χ0n) is 6.08. The summed E-state index contributed by atoms with van der Waals surface area (Å²) in [5.74, 6) is -0.329. The lowest BCUT2D eigenvalue weighted by atomic mass is 10.3. The SMILES string of the molecule is CN(C#N)c1cccc(F)c1. The van der Waals surface area contributed by atoms with Gasteiger partial charge in [0, 0.05) is 7.05 Å². The first kappa shape index (κ1) is 7.55. The zero-order chi connectivity index (χ0) is 8.27. The third kappa shape index (κ3) is 1.68. The maximum atomic E-state index is 12.5. The zero-order valence-corrected chi connectivity index (χ0v) is 6.08. The van der Waals surface area contributed by atoms with Crippen molar-refractivity contribution in [2.75, 3.05) is 11.9 Å². The predicted molar refractivity (Wildman–Crippen MR) is 40.4 cm³/mol. The second-order valence-corrected chi connectivity index (χ2v) is 2.14. The molecule has 1 rings (SSSR count). The smallest absolute Gasteiger partial charge is 0.183 e. The normalized spacial score (nSPS) is 8.82. The van der Waals surface area contributed by atoms with Crippen molar-refractivity contribution in [3.63, 3.8) is 0 Å². The molecule has 0 aliphatic heterocycles. The molecule has 1 aromatic carbocycles. The van der Waals surface area contributed by atoms with E-state index in [4.69, 9.17) is 5.26 Å². The maximum absolute atomic E-state index is 12.5. The van der Waals surface area contributed by atoms with E-state index in [2.05, 4.69) is 0 Å². The molecule has 0 saturated heterocycles. The van der Waals surface area contributed by atoms with Gasteiger partial charge in [-0.3, -0.25) is 4.90 Å². The van der Waals surface area contributed by atoms with Crippen LogP contribution in [-0.2, 0) is 0 Å². The molecule has 2 nitrogen and oxygen atoms in total. The van der Waals surface area contributed by atoms with Crippen molar-refractivity contribution < 1.29 is 4.39 Å². The van der Waals surface area contributed by atoms with Gasteiger partial charge in [0.2, 0.25) is 0 Å². The Bertz CT molecular complexity index is 290. The van der Waals surface area contributed by atoms with Crippen molar-refractivity contribution in [2.45, 2.75) is 0 Å². The molecular weight excluding hydrogens is 143 g/mol. The van der Waals surface area contributed by atoms with E-state index in [9.17, 15) is 4.39 Å². The Balaban J connectivity index is 2.98. The minimum atomic E-state index is -0.329. The highest BCUT2D eigenvalue weighted by atomic mass is 19.1. The summed E-state index contributed by atoms with van der Waals surface area (Å²) in [6, 6.07) is 5.89. The Kier molecular flexibility index (Phi) is 2.07. The van der Waals surface area contributed by atoms with Gasteiger partial charge in [-0.2, -0.15) is 5.26 Å². The summed E-state index contributed by atoms with van der Waals surface area (Å²) in [6.07, 6.45) is 1.88. The molecule has 0 atom stereocenters. The van der Waals surface area contributed by atoms with Crippen molar-refractivity contribution in [1.82, 2.24) is 0 Å². The molecule has 0 saturated carbocycles. The maximum Gasteiger partial charge on any atom is 0.183 e. The summed E-state index contributed by atoms with van der Waals surface area (Å²) in [4.78, 5) is 1.29. The van der Waals surface area contributed by atoms with Gasteiger partial charge >= 0.3 is 0 Å². The molecule has 0 bridgehead atoms. The van der Waals surface area contributed by atoms with Crippen LogP contribution >= 0.6 is 0 Å². The summed E-state index contributed by atoms with van der Waals surface area (Å²) in [5.41, 5.74) is 0.563. The molecule has 3 heteroatoms. The fourth-order valence-electron chi connectivity index (χ4n) is 0.742. The summed E-state index contributed by atoms with van der Waals surface area (Å²) in [6.45, 7) is 0. The van der Waals surface area contributed by atoms with E-state index in [0.29, 0.717) is 5.69 Å². The first-order chi connectivity index (χ1) is 5.24. The van der Waals surface area contributed by atoms with Crippen LogP contribution in [0.2, 0.25) is 0 Å². The molecule has 1 aromatic rings. The Morgan fingerprint density at radius 3 is 2.82 bits per heavy atom. The van der Waals surface area contributed by atoms with Gasteiger partial charge in [-0.15, -0.1) is 0 Å². The number of nitriles is 1. The molecule has 0 heterocycles. The molecule has 0 aromatic heterocycles. The molecule has 11 heavy (non-hydrogen) atoms. The van der Waals surface area contributed by atoms with E-state index in [1.54, 1.807) is 19.2 Å². The highest BCUT2D eigenvalue weighted by Gasteiger charge is 1.98. The van der Waals surface area contributed by atoms with Crippen molar-refractivity contribution in [1.29, 1.82) is 5.26 Å². The summed E-state index contributed by atoms with van der Waals surface area (Å²) in [5, 5.41) is 8.43. The monoisotopic (exact) mass is 150 g/mol. The van der Waals surface area contributed by atoms with Gasteiger partial charge < -0.3 is 0 Å². The summed E-state index contributed by atoms with van der Waals surface area (Å²) in [7, 11) is 1.58. The largest absolute Gasteiger partial charge is 0.282 e. The van der Waals surface area contributed by atoms with Crippen LogP contribution in [0.1, 0.15) is 0 Å². The third-order valence-corrected chi connectivity index (χ3v) is 1.35. The fourth-order valence-corrected chi connectivity index (χ4v) is 0.742. The molecule has 0 aliphatic rings. The van der Waals surface area contributed by atoms with E-state index < -0.39 is 0 Å². The quantitative estimate of drug-likeness (QED) is 0.450. The lowest BCUT2D eigenvalue weighted by Crippen LogP contribution is -2.07. The second kappa shape index (κ2) is 3.02. The molecule has 0 unspecified atom stereocenters. The Labute approximate surface area is 64.5 Å². The topological polar surface area (TPSA) is 27.0 Å². The molecule has 0 radical (unpaired) electrons. The van der Waals surface area contributed by atoms with Crippen molar-refractivity contribution in [3.8, 4) is 6.19 Å². The van der Waals surface area contributed by atoms with E-state index in [1.165, 1.54) is 17.0 Å². The van der Waals surface area contributed by atoms with Crippen LogP contribution in [0.25, 0.3) is 0 Å². The van der Waals surface area contributed by atoms with Crippen LogP contribution in [-0.4, -0.2) is 7.05 Å².